The lowest BCUT2D eigenvalue weighted by Gasteiger charge is -2.47. The van der Waals surface area contributed by atoms with Gasteiger partial charge in [0, 0.05) is 0 Å². The van der Waals surface area contributed by atoms with E-state index in [1.54, 1.807) is 0 Å². The monoisotopic (exact) mass is 488 g/mol. The average molecular weight is 488 g/mol. The Hall–Kier alpha value is -1.09. The number of aliphatic hydroxyl groups excluding tert-OH is 9. The quantitative estimate of drug-likeness (QED) is 0.166. The number of ether oxygens (including phenoxy) is 5. The van der Waals surface area contributed by atoms with E-state index in [1.165, 1.54) is 0 Å². The van der Waals surface area contributed by atoms with Gasteiger partial charge in [-0.25, -0.2) is 4.79 Å². The van der Waals surface area contributed by atoms with Crippen molar-refractivity contribution in [3.8, 4) is 0 Å². The molecule has 10 N–H and O–H groups in total. The molecule has 16 heteroatoms. The fraction of sp³-hybridized carbons (Fsp3) is 0.941. The van der Waals surface area contributed by atoms with Crippen LogP contribution in [0.15, 0.2) is 0 Å². The van der Waals surface area contributed by atoms with Gasteiger partial charge in [0.05, 0.1) is 13.2 Å². The van der Waals surface area contributed by atoms with Crippen molar-refractivity contribution in [3.63, 3.8) is 0 Å². The lowest BCUT2D eigenvalue weighted by molar-refractivity contribution is -0.378. The molecule has 3 heterocycles. The Morgan fingerprint density at radius 2 is 1.36 bits per heavy atom. The summed E-state index contributed by atoms with van der Waals surface area (Å²) in [7, 11) is 0. The Morgan fingerprint density at radius 3 is 1.97 bits per heavy atom. The number of aliphatic hydroxyl groups is 9. The van der Waals surface area contributed by atoms with Crippen molar-refractivity contribution in [2.75, 3.05) is 13.2 Å². The van der Waals surface area contributed by atoms with Gasteiger partial charge in [-0.15, -0.1) is 0 Å². The van der Waals surface area contributed by atoms with Gasteiger partial charge in [-0.1, -0.05) is 0 Å². The fourth-order valence-electron chi connectivity index (χ4n) is 3.73. The molecule has 0 saturated carbocycles. The Labute approximate surface area is 185 Å². The molecule has 0 radical (unpaired) electrons. The van der Waals surface area contributed by atoms with E-state index in [4.69, 9.17) is 23.7 Å². The number of rotatable bonds is 6. The lowest BCUT2D eigenvalue weighted by Crippen LogP contribution is -2.66. The maximum absolute atomic E-state index is 11.4. The third-order valence-corrected chi connectivity index (χ3v) is 5.67. The van der Waals surface area contributed by atoms with Crippen molar-refractivity contribution in [2.45, 2.75) is 86.0 Å². The van der Waals surface area contributed by atoms with E-state index < -0.39 is 105 Å². The molecule has 0 unspecified atom stereocenters. The third kappa shape index (κ3) is 5.29. The van der Waals surface area contributed by atoms with Crippen LogP contribution in [0.25, 0.3) is 0 Å². The zero-order chi connectivity index (χ0) is 24.6. The van der Waals surface area contributed by atoms with Gasteiger partial charge in [0.15, 0.2) is 25.0 Å². The predicted octanol–water partition coefficient (Wildman–Crippen LogP) is -6.84. The minimum absolute atomic E-state index is 0.481. The van der Waals surface area contributed by atoms with Gasteiger partial charge in [-0.05, 0) is 0 Å². The molecule has 0 aromatic rings. The number of carboxylic acid groups (broad SMARTS) is 1. The zero-order valence-corrected chi connectivity index (χ0v) is 16.9. The molecule has 3 rings (SSSR count). The van der Waals surface area contributed by atoms with Gasteiger partial charge < -0.3 is 74.7 Å². The molecular weight excluding hydrogens is 460 g/mol. The molecule has 0 aliphatic carbocycles. The summed E-state index contributed by atoms with van der Waals surface area (Å²) in [5.41, 5.74) is 0. The first-order chi connectivity index (χ1) is 15.5. The van der Waals surface area contributed by atoms with Gasteiger partial charge in [0.2, 0.25) is 0 Å². The Balaban J connectivity index is 1.83. The molecule has 3 fully saturated rings. The predicted molar refractivity (Wildman–Crippen MR) is 95.8 cm³/mol. The molecule has 0 aromatic heterocycles. The van der Waals surface area contributed by atoms with Gasteiger partial charge in [-0.2, -0.15) is 0 Å². The summed E-state index contributed by atoms with van der Waals surface area (Å²) >= 11 is 0. The van der Waals surface area contributed by atoms with Crippen LogP contribution in [-0.2, 0) is 28.5 Å². The molecule has 0 amide bonds. The topological polar surface area (TPSA) is 266 Å². The standard InChI is InChI=1S/C17H28O16/c18-1-4-6(21)7(22)9(24)17(30-4)32-11-10(25)12(14(26)27)31-15(28)13(11)33-16-8(23)5(20)3(19)2-29-16/h3-13,15-25,28H,1-2H2,(H,26,27)/t3-,4-,5+,6+,7+,8-,9-,10+,11+,12+,13-,15-,16+,17+/m1/s1. The molecular formula is C17H28O16. The molecule has 0 aromatic carbocycles. The summed E-state index contributed by atoms with van der Waals surface area (Å²) in [6, 6.07) is 0. The summed E-state index contributed by atoms with van der Waals surface area (Å²) < 4.78 is 25.9. The van der Waals surface area contributed by atoms with Crippen molar-refractivity contribution in [1.29, 1.82) is 0 Å². The van der Waals surface area contributed by atoms with Crippen LogP contribution in [0.3, 0.4) is 0 Å². The van der Waals surface area contributed by atoms with Crippen LogP contribution in [0, 0.1) is 0 Å². The summed E-state index contributed by atoms with van der Waals surface area (Å²) in [5, 5.41) is 98.9. The Morgan fingerprint density at radius 1 is 0.758 bits per heavy atom. The van der Waals surface area contributed by atoms with E-state index in [0.717, 1.165) is 0 Å². The number of hydrogen-bond acceptors (Lipinski definition) is 15. The maximum atomic E-state index is 11.4. The van der Waals surface area contributed by atoms with Gasteiger partial charge in [0.25, 0.3) is 0 Å². The number of hydrogen-bond donors (Lipinski definition) is 10. The molecule has 33 heavy (non-hydrogen) atoms. The van der Waals surface area contributed by atoms with E-state index in [1.807, 2.05) is 0 Å². The van der Waals surface area contributed by atoms with Crippen LogP contribution in [0.1, 0.15) is 0 Å². The highest BCUT2D eigenvalue weighted by Gasteiger charge is 2.54. The second kappa shape index (κ2) is 10.7. The largest absolute Gasteiger partial charge is 0.479 e. The van der Waals surface area contributed by atoms with E-state index in [2.05, 4.69) is 0 Å². The highest BCUT2D eigenvalue weighted by molar-refractivity contribution is 5.73. The van der Waals surface area contributed by atoms with Crippen LogP contribution >= 0.6 is 0 Å². The summed E-state index contributed by atoms with van der Waals surface area (Å²) in [4.78, 5) is 11.4. The molecule has 16 nitrogen and oxygen atoms in total. The smallest absolute Gasteiger partial charge is 0.335 e. The minimum atomic E-state index is -2.11. The SMILES string of the molecule is O=C(O)[C@H]1O[C@@H](O)[C@H](O[C@@H]2OC[C@@H](O)[C@H](O)[C@H]2O)[C@@H](O[C@@H]2O[C@H](CO)[C@H](O)[C@H](O)[C@H]2O)[C@@H]1O. The molecule has 3 saturated heterocycles. The van der Waals surface area contributed by atoms with E-state index in [9.17, 15) is 55.9 Å². The van der Waals surface area contributed by atoms with Gasteiger partial charge in [0.1, 0.15) is 61.0 Å². The first-order valence-corrected chi connectivity index (χ1v) is 9.99. The van der Waals surface area contributed by atoms with Crippen LogP contribution in [0.2, 0.25) is 0 Å². The Kier molecular flexibility index (Phi) is 8.57. The highest BCUT2D eigenvalue weighted by atomic mass is 16.8. The van der Waals surface area contributed by atoms with Crippen molar-refractivity contribution < 1.29 is 79.5 Å². The Bertz CT molecular complexity index is 663. The van der Waals surface area contributed by atoms with Crippen LogP contribution in [0.4, 0.5) is 0 Å². The van der Waals surface area contributed by atoms with E-state index >= 15 is 0 Å². The van der Waals surface area contributed by atoms with Crippen molar-refractivity contribution in [3.05, 3.63) is 0 Å². The van der Waals surface area contributed by atoms with E-state index in [0.29, 0.717) is 0 Å². The second-order valence-corrected chi connectivity index (χ2v) is 7.93. The molecule has 3 aliphatic rings. The molecule has 192 valence electrons. The van der Waals surface area contributed by atoms with Crippen molar-refractivity contribution in [2.24, 2.45) is 0 Å². The minimum Gasteiger partial charge on any atom is -0.479 e. The van der Waals surface area contributed by atoms with Crippen molar-refractivity contribution in [1.82, 2.24) is 0 Å². The fourth-order valence-corrected chi connectivity index (χ4v) is 3.73. The van der Waals surface area contributed by atoms with Crippen LogP contribution in [-0.4, -0.2) is 156 Å². The first kappa shape index (κ1) is 26.5. The van der Waals surface area contributed by atoms with Crippen LogP contribution in [0.5, 0.6) is 0 Å². The summed E-state index contributed by atoms with van der Waals surface area (Å²) in [5.74, 6) is -1.70. The average Bonchev–Trinajstić information content (AvgIpc) is 2.77. The number of carbonyl (C=O) groups is 1. The van der Waals surface area contributed by atoms with Crippen LogP contribution < -0.4 is 0 Å². The molecule has 3 aliphatic heterocycles. The third-order valence-electron chi connectivity index (χ3n) is 5.67. The van der Waals surface area contributed by atoms with Crippen molar-refractivity contribution >= 4 is 5.97 Å². The molecule has 0 bridgehead atoms. The zero-order valence-electron chi connectivity index (χ0n) is 16.9. The second-order valence-electron chi connectivity index (χ2n) is 7.93. The first-order valence-electron chi connectivity index (χ1n) is 9.99. The number of carboxylic acids is 1. The van der Waals surface area contributed by atoms with Gasteiger partial charge in [-0.3, -0.25) is 0 Å². The molecule has 14 atom stereocenters. The van der Waals surface area contributed by atoms with E-state index in [-0.39, 0.29) is 0 Å². The maximum Gasteiger partial charge on any atom is 0.335 e. The summed E-state index contributed by atoms with van der Waals surface area (Å²) in [6.07, 6.45) is -25.4. The lowest BCUT2D eigenvalue weighted by atomic mass is 9.96. The normalized spacial score (nSPS) is 51.3. The molecule has 0 spiro atoms. The number of aliphatic carboxylic acids is 1. The summed E-state index contributed by atoms with van der Waals surface area (Å²) in [6.45, 7) is -1.28. The van der Waals surface area contributed by atoms with Gasteiger partial charge >= 0.3 is 5.97 Å². The highest BCUT2D eigenvalue weighted by Crippen LogP contribution is 2.32.